The molecule has 7 heteroatoms. The summed E-state index contributed by atoms with van der Waals surface area (Å²) in [7, 11) is 1.60. The van der Waals surface area contributed by atoms with Crippen LogP contribution in [-0.4, -0.2) is 56.7 Å². The summed E-state index contributed by atoms with van der Waals surface area (Å²) in [4.78, 5) is 16.4. The van der Waals surface area contributed by atoms with Crippen LogP contribution < -0.4 is 10.6 Å². The summed E-state index contributed by atoms with van der Waals surface area (Å²) in [6, 6.07) is 10.3. The zero-order chi connectivity index (χ0) is 14.4. The Balaban J connectivity index is 0.00000220. The molecule has 0 spiro atoms. The molecule has 5 nitrogen and oxygen atoms in total. The van der Waals surface area contributed by atoms with E-state index in [4.69, 9.17) is 10.5 Å². The molecule has 0 radical (unpaired) electrons. The molecular formula is C15H25Cl2N3O2. The largest absolute Gasteiger partial charge is 0.380 e. The number of methoxy groups -OCH3 is 1. The second-order valence-electron chi connectivity index (χ2n) is 5.00. The molecule has 0 saturated carbocycles. The van der Waals surface area contributed by atoms with Gasteiger partial charge in [-0.15, -0.1) is 24.8 Å². The highest BCUT2D eigenvalue weighted by Crippen LogP contribution is 2.16. The number of rotatable bonds is 5. The van der Waals surface area contributed by atoms with Gasteiger partial charge in [0.1, 0.15) is 0 Å². The summed E-state index contributed by atoms with van der Waals surface area (Å²) < 4.78 is 5.17. The predicted molar refractivity (Wildman–Crippen MR) is 94.2 cm³/mol. The lowest BCUT2D eigenvalue weighted by molar-refractivity contribution is -0.133. The van der Waals surface area contributed by atoms with Gasteiger partial charge in [0, 0.05) is 45.5 Å². The molecule has 22 heavy (non-hydrogen) atoms. The van der Waals surface area contributed by atoms with Crippen LogP contribution in [0, 0.1) is 0 Å². The number of ether oxygens (including phenoxy) is 1. The number of hydrogen-bond donors (Lipinski definition) is 1. The van der Waals surface area contributed by atoms with Crippen molar-refractivity contribution < 1.29 is 9.53 Å². The summed E-state index contributed by atoms with van der Waals surface area (Å²) in [6.45, 7) is 3.64. The first-order chi connectivity index (χ1) is 9.74. The van der Waals surface area contributed by atoms with Gasteiger partial charge in [0.25, 0.3) is 0 Å². The third kappa shape index (κ3) is 5.65. The molecule has 1 aromatic carbocycles. The molecule has 1 atom stereocenters. The minimum atomic E-state index is -0.172. The molecule has 1 fully saturated rings. The molecule has 126 valence electrons. The summed E-state index contributed by atoms with van der Waals surface area (Å²) in [5, 5.41) is 0. The SMILES string of the molecule is COC(CN)CC(=O)N1CCN(c2ccccc2)CC1.Cl.Cl. The first kappa shape index (κ1) is 21.0. The van der Waals surface area contributed by atoms with Crippen LogP contribution in [0.15, 0.2) is 30.3 Å². The summed E-state index contributed by atoms with van der Waals surface area (Å²) in [6.07, 6.45) is 0.202. The monoisotopic (exact) mass is 349 g/mol. The molecule has 1 saturated heterocycles. The smallest absolute Gasteiger partial charge is 0.225 e. The van der Waals surface area contributed by atoms with Gasteiger partial charge in [-0.1, -0.05) is 18.2 Å². The van der Waals surface area contributed by atoms with E-state index in [1.54, 1.807) is 7.11 Å². The fourth-order valence-corrected chi connectivity index (χ4v) is 2.44. The zero-order valence-corrected chi connectivity index (χ0v) is 14.4. The second kappa shape index (κ2) is 10.7. The van der Waals surface area contributed by atoms with Crippen LogP contribution in [-0.2, 0) is 9.53 Å². The van der Waals surface area contributed by atoms with Crippen LogP contribution in [0.1, 0.15) is 6.42 Å². The number of nitrogens with two attached hydrogens (primary N) is 1. The quantitative estimate of drug-likeness (QED) is 0.875. The Morgan fingerprint density at radius 1 is 1.18 bits per heavy atom. The number of amides is 1. The van der Waals surface area contributed by atoms with E-state index in [0.717, 1.165) is 26.2 Å². The highest BCUT2D eigenvalue weighted by atomic mass is 35.5. The van der Waals surface area contributed by atoms with Gasteiger partial charge in [-0.05, 0) is 12.1 Å². The van der Waals surface area contributed by atoms with E-state index in [2.05, 4.69) is 17.0 Å². The van der Waals surface area contributed by atoms with Crippen molar-refractivity contribution >= 4 is 36.4 Å². The highest BCUT2D eigenvalue weighted by Gasteiger charge is 2.23. The molecule has 1 aliphatic rings. The predicted octanol–water partition coefficient (Wildman–Crippen LogP) is 1.54. The molecule has 1 aliphatic heterocycles. The Kier molecular flexibility index (Phi) is 10.2. The Hall–Kier alpha value is -1.01. The topological polar surface area (TPSA) is 58.8 Å². The van der Waals surface area contributed by atoms with E-state index < -0.39 is 0 Å². The average Bonchev–Trinajstić information content (AvgIpc) is 2.53. The Morgan fingerprint density at radius 2 is 1.77 bits per heavy atom. The third-order valence-corrected chi connectivity index (χ3v) is 3.75. The van der Waals surface area contributed by atoms with Gasteiger partial charge in [-0.25, -0.2) is 0 Å². The first-order valence-corrected chi connectivity index (χ1v) is 7.05. The van der Waals surface area contributed by atoms with Gasteiger partial charge in [0.15, 0.2) is 0 Å². The molecule has 0 aliphatic carbocycles. The minimum absolute atomic E-state index is 0. The van der Waals surface area contributed by atoms with Crippen LogP contribution in [0.4, 0.5) is 5.69 Å². The molecule has 1 amide bonds. The van der Waals surface area contributed by atoms with Crippen molar-refractivity contribution in [1.29, 1.82) is 0 Å². The molecule has 2 rings (SSSR count). The number of hydrogen-bond acceptors (Lipinski definition) is 4. The Labute approximate surface area is 144 Å². The molecule has 1 aromatic rings. The number of carbonyl (C=O) groups excluding carboxylic acids is 1. The minimum Gasteiger partial charge on any atom is -0.380 e. The van der Waals surface area contributed by atoms with E-state index in [9.17, 15) is 4.79 Å². The van der Waals surface area contributed by atoms with Crippen LogP contribution in [0.2, 0.25) is 0 Å². The summed E-state index contributed by atoms with van der Waals surface area (Å²) >= 11 is 0. The number of nitrogens with zero attached hydrogens (tertiary/aromatic N) is 2. The third-order valence-electron chi connectivity index (χ3n) is 3.75. The fraction of sp³-hybridized carbons (Fsp3) is 0.533. The Morgan fingerprint density at radius 3 is 2.27 bits per heavy atom. The van der Waals surface area contributed by atoms with Crippen LogP contribution >= 0.6 is 24.8 Å². The zero-order valence-electron chi connectivity index (χ0n) is 12.8. The van der Waals surface area contributed by atoms with Crippen molar-refractivity contribution in [3.8, 4) is 0 Å². The lowest BCUT2D eigenvalue weighted by Gasteiger charge is -2.36. The molecule has 1 heterocycles. The highest BCUT2D eigenvalue weighted by molar-refractivity contribution is 5.85. The van der Waals surface area contributed by atoms with Crippen molar-refractivity contribution in [3.05, 3.63) is 30.3 Å². The maximum Gasteiger partial charge on any atom is 0.225 e. The van der Waals surface area contributed by atoms with Crippen LogP contribution in [0.25, 0.3) is 0 Å². The van der Waals surface area contributed by atoms with E-state index >= 15 is 0 Å². The average molecular weight is 350 g/mol. The molecule has 0 aromatic heterocycles. The van der Waals surface area contributed by atoms with Gasteiger partial charge < -0.3 is 20.3 Å². The van der Waals surface area contributed by atoms with Gasteiger partial charge in [-0.2, -0.15) is 0 Å². The van der Waals surface area contributed by atoms with E-state index in [1.165, 1.54) is 5.69 Å². The number of piperazine rings is 1. The second-order valence-corrected chi connectivity index (χ2v) is 5.00. The van der Waals surface area contributed by atoms with Crippen LogP contribution in [0.3, 0.4) is 0 Å². The number of halogens is 2. The standard InChI is InChI=1S/C15H23N3O2.2ClH/c1-20-14(12-16)11-15(19)18-9-7-17(8-10-18)13-5-3-2-4-6-13;;/h2-6,14H,7-12,16H2,1H3;2*1H. The van der Waals surface area contributed by atoms with E-state index in [0.29, 0.717) is 13.0 Å². The lowest BCUT2D eigenvalue weighted by Crippen LogP contribution is -2.49. The van der Waals surface area contributed by atoms with Crippen molar-refractivity contribution in [2.75, 3.05) is 44.7 Å². The van der Waals surface area contributed by atoms with E-state index in [1.807, 2.05) is 23.1 Å². The molecule has 2 N–H and O–H groups in total. The molecule has 1 unspecified atom stereocenters. The van der Waals surface area contributed by atoms with E-state index in [-0.39, 0.29) is 36.8 Å². The number of benzene rings is 1. The summed E-state index contributed by atoms with van der Waals surface area (Å²) in [5.74, 6) is 0.134. The van der Waals surface area contributed by atoms with Crippen molar-refractivity contribution in [2.45, 2.75) is 12.5 Å². The maximum absolute atomic E-state index is 12.1. The van der Waals surface area contributed by atoms with Crippen LogP contribution in [0.5, 0.6) is 0 Å². The Bertz CT molecular complexity index is 422. The van der Waals surface area contributed by atoms with Crippen molar-refractivity contribution in [1.82, 2.24) is 4.90 Å². The fourth-order valence-electron chi connectivity index (χ4n) is 2.44. The van der Waals surface area contributed by atoms with Gasteiger partial charge in [0.2, 0.25) is 5.91 Å². The van der Waals surface area contributed by atoms with Crippen molar-refractivity contribution in [2.24, 2.45) is 5.73 Å². The number of para-hydroxylation sites is 1. The maximum atomic E-state index is 12.1. The first-order valence-electron chi connectivity index (χ1n) is 7.05. The number of carbonyl (C=O) groups is 1. The van der Waals surface area contributed by atoms with Gasteiger partial charge >= 0.3 is 0 Å². The van der Waals surface area contributed by atoms with Gasteiger partial charge in [0.05, 0.1) is 12.5 Å². The van der Waals surface area contributed by atoms with Crippen molar-refractivity contribution in [3.63, 3.8) is 0 Å². The normalized spacial score (nSPS) is 15.5. The molecule has 0 bridgehead atoms. The van der Waals surface area contributed by atoms with Gasteiger partial charge in [-0.3, -0.25) is 4.79 Å². The lowest BCUT2D eigenvalue weighted by atomic mass is 10.2. The molecular weight excluding hydrogens is 325 g/mol. The number of anilines is 1. The summed E-state index contributed by atoms with van der Waals surface area (Å²) in [5.41, 5.74) is 6.77.